The second-order valence-corrected chi connectivity index (χ2v) is 8.90. The van der Waals surface area contributed by atoms with Crippen LogP contribution in [0.1, 0.15) is 29.8 Å². The number of nitrogens with one attached hydrogen (secondary N) is 1. The molecule has 5 nitrogen and oxygen atoms in total. The van der Waals surface area contributed by atoms with Gasteiger partial charge >= 0.3 is 0 Å². The molecule has 1 aliphatic heterocycles. The summed E-state index contributed by atoms with van der Waals surface area (Å²) in [5.74, 6) is -0.292. The number of sulfone groups is 1. The molecule has 0 unspecified atom stereocenters. The molecule has 6 heteroatoms. The first-order valence-electron chi connectivity index (χ1n) is 8.78. The van der Waals surface area contributed by atoms with Crippen molar-refractivity contribution >= 4 is 15.7 Å². The zero-order valence-corrected chi connectivity index (χ0v) is 15.9. The lowest BCUT2D eigenvalue weighted by atomic mass is 10.1. The van der Waals surface area contributed by atoms with Crippen LogP contribution in [0, 0.1) is 0 Å². The van der Waals surface area contributed by atoms with Crippen molar-refractivity contribution in [2.45, 2.75) is 36.6 Å². The molecule has 1 amide bonds. The Bertz CT molecular complexity index is 871. The quantitative estimate of drug-likeness (QED) is 0.895. The second kappa shape index (κ2) is 7.60. The standard InChI is InChI=1S/C20H24N2O3S/c1-15-12-22(13-16(2)21-15)20(23)19-11-7-6-8-17(19)14-26(24,25)18-9-4-3-5-10-18/h3-11,15-16,21H,12-14H2,1-2H3/t15-,16-/m0/s1. The first-order valence-corrected chi connectivity index (χ1v) is 10.4. The van der Waals surface area contributed by atoms with Crippen LogP contribution < -0.4 is 5.32 Å². The zero-order valence-electron chi connectivity index (χ0n) is 15.1. The summed E-state index contributed by atoms with van der Waals surface area (Å²) in [7, 11) is -3.50. The van der Waals surface area contributed by atoms with E-state index in [1.807, 2.05) is 13.8 Å². The van der Waals surface area contributed by atoms with Gasteiger partial charge in [0.05, 0.1) is 10.6 Å². The minimum atomic E-state index is -3.50. The van der Waals surface area contributed by atoms with Crippen molar-refractivity contribution in [1.29, 1.82) is 0 Å². The molecule has 26 heavy (non-hydrogen) atoms. The van der Waals surface area contributed by atoms with Gasteiger partial charge in [-0.25, -0.2) is 8.42 Å². The third-order valence-corrected chi connectivity index (χ3v) is 6.22. The van der Waals surface area contributed by atoms with E-state index >= 15 is 0 Å². The minimum absolute atomic E-state index is 0.107. The maximum absolute atomic E-state index is 13.0. The van der Waals surface area contributed by atoms with E-state index in [1.54, 1.807) is 59.5 Å². The van der Waals surface area contributed by atoms with Crippen molar-refractivity contribution in [3.8, 4) is 0 Å². The summed E-state index contributed by atoms with van der Waals surface area (Å²) in [5.41, 5.74) is 1.01. The number of carbonyl (C=O) groups excluding carboxylic acids is 1. The Balaban J connectivity index is 1.88. The van der Waals surface area contributed by atoms with Crippen LogP contribution in [0.15, 0.2) is 59.5 Å². The van der Waals surface area contributed by atoms with Crippen LogP contribution in [0.5, 0.6) is 0 Å². The fourth-order valence-electron chi connectivity index (χ4n) is 3.43. The maximum Gasteiger partial charge on any atom is 0.254 e. The third kappa shape index (κ3) is 4.14. The van der Waals surface area contributed by atoms with Gasteiger partial charge in [0, 0.05) is 30.7 Å². The highest BCUT2D eigenvalue weighted by molar-refractivity contribution is 7.90. The van der Waals surface area contributed by atoms with Crippen molar-refractivity contribution in [1.82, 2.24) is 10.2 Å². The van der Waals surface area contributed by atoms with E-state index in [0.717, 1.165) is 0 Å². The smallest absolute Gasteiger partial charge is 0.254 e. The Labute approximate surface area is 154 Å². The van der Waals surface area contributed by atoms with Crippen molar-refractivity contribution < 1.29 is 13.2 Å². The van der Waals surface area contributed by atoms with Crippen LogP contribution in [-0.2, 0) is 15.6 Å². The number of hydrogen-bond acceptors (Lipinski definition) is 4. The summed E-state index contributed by atoms with van der Waals surface area (Å²) in [6.07, 6.45) is 0. The predicted octanol–water partition coefficient (Wildman–Crippen LogP) is 2.48. The highest BCUT2D eigenvalue weighted by Crippen LogP contribution is 2.21. The molecule has 1 fully saturated rings. The summed E-state index contributed by atoms with van der Waals surface area (Å²) in [5, 5.41) is 3.40. The predicted molar refractivity (Wildman–Crippen MR) is 102 cm³/mol. The first kappa shape index (κ1) is 18.6. The summed E-state index contributed by atoms with van der Waals surface area (Å²) >= 11 is 0. The van der Waals surface area contributed by atoms with Crippen LogP contribution in [0.4, 0.5) is 0 Å². The maximum atomic E-state index is 13.0. The van der Waals surface area contributed by atoms with Gasteiger partial charge < -0.3 is 10.2 Å². The second-order valence-electron chi connectivity index (χ2n) is 6.91. The van der Waals surface area contributed by atoms with E-state index in [2.05, 4.69) is 5.32 Å². The van der Waals surface area contributed by atoms with Gasteiger partial charge in [0.25, 0.3) is 5.91 Å². The molecule has 0 aromatic heterocycles. The lowest BCUT2D eigenvalue weighted by Crippen LogP contribution is -2.55. The van der Waals surface area contributed by atoms with Gasteiger partial charge in [0.1, 0.15) is 0 Å². The molecule has 0 radical (unpaired) electrons. The first-order chi connectivity index (χ1) is 12.4. The average molecular weight is 372 g/mol. The third-order valence-electron chi connectivity index (χ3n) is 4.54. The van der Waals surface area contributed by atoms with E-state index in [9.17, 15) is 13.2 Å². The van der Waals surface area contributed by atoms with Gasteiger partial charge in [-0.15, -0.1) is 0 Å². The number of nitrogens with zero attached hydrogens (tertiary/aromatic N) is 1. The summed E-state index contributed by atoms with van der Waals surface area (Å²) in [4.78, 5) is 15.1. The summed E-state index contributed by atoms with van der Waals surface area (Å²) < 4.78 is 25.4. The average Bonchev–Trinajstić information content (AvgIpc) is 2.61. The molecule has 0 spiro atoms. The minimum Gasteiger partial charge on any atom is -0.336 e. The molecular weight excluding hydrogens is 348 g/mol. The molecule has 2 aromatic rings. The lowest BCUT2D eigenvalue weighted by Gasteiger charge is -2.36. The highest BCUT2D eigenvalue weighted by atomic mass is 32.2. The highest BCUT2D eigenvalue weighted by Gasteiger charge is 2.27. The SMILES string of the molecule is C[C@H]1CN(C(=O)c2ccccc2CS(=O)(=O)c2ccccc2)C[C@H](C)N1. The summed E-state index contributed by atoms with van der Waals surface area (Å²) in [6, 6.07) is 15.8. The van der Waals surface area contributed by atoms with Gasteiger partial charge in [-0.2, -0.15) is 0 Å². The van der Waals surface area contributed by atoms with Crippen molar-refractivity contribution in [2.24, 2.45) is 0 Å². The molecule has 1 N–H and O–H groups in total. The van der Waals surface area contributed by atoms with Crippen molar-refractivity contribution in [3.05, 3.63) is 65.7 Å². The number of amides is 1. The number of piperazine rings is 1. The van der Waals surface area contributed by atoms with E-state index in [0.29, 0.717) is 24.2 Å². The van der Waals surface area contributed by atoms with E-state index in [4.69, 9.17) is 0 Å². The molecule has 1 aliphatic rings. The van der Waals surface area contributed by atoms with Crippen LogP contribution >= 0.6 is 0 Å². The normalized spacial score (nSPS) is 20.8. The zero-order chi connectivity index (χ0) is 18.7. The Kier molecular flexibility index (Phi) is 5.44. The molecule has 1 saturated heterocycles. The van der Waals surface area contributed by atoms with Gasteiger partial charge in [0.15, 0.2) is 9.84 Å². The fraction of sp³-hybridized carbons (Fsp3) is 0.350. The number of benzene rings is 2. The number of carbonyl (C=O) groups is 1. The molecule has 0 bridgehead atoms. The Morgan fingerprint density at radius 1 is 1.00 bits per heavy atom. The van der Waals surface area contributed by atoms with E-state index < -0.39 is 9.84 Å². The fourth-order valence-corrected chi connectivity index (χ4v) is 4.83. The monoisotopic (exact) mass is 372 g/mol. The Hall–Kier alpha value is -2.18. The van der Waals surface area contributed by atoms with E-state index in [-0.39, 0.29) is 28.6 Å². The molecule has 3 rings (SSSR count). The lowest BCUT2D eigenvalue weighted by molar-refractivity contribution is 0.0673. The molecular formula is C20H24N2O3S. The van der Waals surface area contributed by atoms with Crippen LogP contribution in [-0.4, -0.2) is 44.4 Å². The van der Waals surface area contributed by atoms with Crippen molar-refractivity contribution in [3.63, 3.8) is 0 Å². The molecule has 138 valence electrons. The molecule has 0 aliphatic carbocycles. The largest absolute Gasteiger partial charge is 0.336 e. The molecule has 0 saturated carbocycles. The van der Waals surface area contributed by atoms with Crippen LogP contribution in [0.25, 0.3) is 0 Å². The van der Waals surface area contributed by atoms with Gasteiger partial charge in [-0.05, 0) is 37.6 Å². The molecule has 1 heterocycles. The van der Waals surface area contributed by atoms with E-state index in [1.165, 1.54) is 0 Å². The number of hydrogen-bond donors (Lipinski definition) is 1. The topological polar surface area (TPSA) is 66.5 Å². The molecule has 2 aromatic carbocycles. The van der Waals surface area contributed by atoms with Crippen LogP contribution in [0.3, 0.4) is 0 Å². The van der Waals surface area contributed by atoms with Gasteiger partial charge in [-0.3, -0.25) is 4.79 Å². The molecule has 2 atom stereocenters. The Morgan fingerprint density at radius 3 is 2.23 bits per heavy atom. The van der Waals surface area contributed by atoms with Crippen LogP contribution in [0.2, 0.25) is 0 Å². The van der Waals surface area contributed by atoms with Crippen molar-refractivity contribution in [2.75, 3.05) is 13.1 Å². The summed E-state index contributed by atoms with van der Waals surface area (Å²) in [6.45, 7) is 5.31. The number of rotatable bonds is 4. The van der Waals surface area contributed by atoms with Gasteiger partial charge in [-0.1, -0.05) is 36.4 Å². The van der Waals surface area contributed by atoms with Gasteiger partial charge in [0.2, 0.25) is 0 Å². The Morgan fingerprint density at radius 2 is 1.58 bits per heavy atom.